The second kappa shape index (κ2) is 5.12. The highest BCUT2D eigenvalue weighted by Gasteiger charge is 2.15. The Balaban J connectivity index is 2.13. The topological polar surface area (TPSA) is 144 Å². The molecule has 1 aromatic carbocycles. The van der Waals surface area contributed by atoms with Gasteiger partial charge in [-0.2, -0.15) is 5.21 Å². The molecule has 0 atom stereocenters. The summed E-state index contributed by atoms with van der Waals surface area (Å²) in [4.78, 5) is 10.9. The van der Waals surface area contributed by atoms with Crippen molar-refractivity contribution in [3.05, 3.63) is 35.7 Å². The predicted molar refractivity (Wildman–Crippen MR) is 63.2 cm³/mol. The van der Waals surface area contributed by atoms with Crippen LogP contribution < -0.4 is 10.5 Å². The Hall–Kier alpha value is -2.33. The molecule has 100 valence electrons. The number of hydrogen-bond acceptors (Lipinski definition) is 6. The van der Waals surface area contributed by atoms with Crippen molar-refractivity contribution in [3.8, 4) is 0 Å². The summed E-state index contributed by atoms with van der Waals surface area (Å²) in [5.41, 5.74) is 5.30. The van der Waals surface area contributed by atoms with E-state index in [9.17, 15) is 13.2 Å². The van der Waals surface area contributed by atoms with E-state index in [1.165, 1.54) is 24.3 Å². The molecule has 0 radical (unpaired) electrons. The number of nitrogens with one attached hydrogen (secondary N) is 2. The van der Waals surface area contributed by atoms with Gasteiger partial charge in [0.2, 0.25) is 15.9 Å². The van der Waals surface area contributed by atoms with Gasteiger partial charge in [-0.1, -0.05) is 5.21 Å². The zero-order valence-electron chi connectivity index (χ0n) is 9.57. The fourth-order valence-electron chi connectivity index (χ4n) is 1.30. The van der Waals surface area contributed by atoms with Crippen LogP contribution in [0.5, 0.6) is 0 Å². The molecule has 1 amide bonds. The third-order valence-electron chi connectivity index (χ3n) is 2.26. The van der Waals surface area contributed by atoms with Gasteiger partial charge in [0.1, 0.15) is 0 Å². The number of rotatable bonds is 5. The van der Waals surface area contributed by atoms with Gasteiger partial charge in [0.05, 0.1) is 11.4 Å². The summed E-state index contributed by atoms with van der Waals surface area (Å²) >= 11 is 0. The van der Waals surface area contributed by atoms with Crippen LogP contribution in [0.2, 0.25) is 0 Å². The number of nitrogens with two attached hydrogens (primary N) is 1. The van der Waals surface area contributed by atoms with Gasteiger partial charge in [-0.05, 0) is 24.3 Å². The molecule has 0 saturated carbocycles. The second-order valence-corrected chi connectivity index (χ2v) is 5.31. The first-order valence-electron chi connectivity index (χ1n) is 5.11. The van der Waals surface area contributed by atoms with Crippen molar-refractivity contribution in [1.29, 1.82) is 0 Å². The van der Waals surface area contributed by atoms with E-state index in [0.717, 1.165) is 0 Å². The minimum absolute atomic E-state index is 0.0148. The van der Waals surface area contributed by atoms with Crippen molar-refractivity contribution >= 4 is 15.9 Å². The second-order valence-electron chi connectivity index (χ2n) is 3.54. The molecule has 0 aliphatic rings. The quantitative estimate of drug-likeness (QED) is 0.626. The van der Waals surface area contributed by atoms with Crippen LogP contribution in [0.4, 0.5) is 0 Å². The lowest BCUT2D eigenvalue weighted by atomic mass is 10.2. The van der Waals surface area contributed by atoms with Gasteiger partial charge in [0.15, 0.2) is 5.82 Å². The fourth-order valence-corrected chi connectivity index (χ4v) is 2.28. The average molecular weight is 282 g/mol. The highest BCUT2D eigenvalue weighted by atomic mass is 32.2. The summed E-state index contributed by atoms with van der Waals surface area (Å²) in [6.07, 6.45) is 0. The van der Waals surface area contributed by atoms with E-state index in [0.29, 0.717) is 0 Å². The Labute approximate surface area is 108 Å². The zero-order valence-corrected chi connectivity index (χ0v) is 10.4. The van der Waals surface area contributed by atoms with Crippen molar-refractivity contribution in [2.75, 3.05) is 0 Å². The molecule has 4 N–H and O–H groups in total. The number of aromatic amines is 1. The lowest BCUT2D eigenvalue weighted by Crippen LogP contribution is -2.24. The summed E-state index contributed by atoms with van der Waals surface area (Å²) in [5, 5.41) is 12.7. The molecule has 10 heteroatoms. The van der Waals surface area contributed by atoms with Crippen molar-refractivity contribution in [1.82, 2.24) is 25.3 Å². The molecule has 1 aromatic heterocycles. The molecule has 0 spiro atoms. The maximum Gasteiger partial charge on any atom is 0.248 e. The maximum atomic E-state index is 11.9. The number of tetrazole rings is 1. The van der Waals surface area contributed by atoms with Crippen LogP contribution >= 0.6 is 0 Å². The first kappa shape index (κ1) is 13.1. The van der Waals surface area contributed by atoms with Crippen LogP contribution in [0, 0.1) is 0 Å². The molecule has 0 fully saturated rings. The Morgan fingerprint density at radius 3 is 2.53 bits per heavy atom. The number of sulfonamides is 1. The van der Waals surface area contributed by atoms with E-state index in [1.807, 2.05) is 0 Å². The third-order valence-corrected chi connectivity index (χ3v) is 3.68. The number of amides is 1. The molecular weight excluding hydrogens is 272 g/mol. The zero-order chi connectivity index (χ0) is 13.9. The smallest absolute Gasteiger partial charge is 0.248 e. The van der Waals surface area contributed by atoms with Crippen molar-refractivity contribution in [2.24, 2.45) is 5.73 Å². The van der Waals surface area contributed by atoms with E-state index in [1.54, 1.807) is 0 Å². The van der Waals surface area contributed by atoms with E-state index in [2.05, 4.69) is 25.3 Å². The Morgan fingerprint density at radius 1 is 1.32 bits per heavy atom. The third kappa shape index (κ3) is 3.11. The van der Waals surface area contributed by atoms with Crippen molar-refractivity contribution in [3.63, 3.8) is 0 Å². The number of hydrogen-bond donors (Lipinski definition) is 3. The van der Waals surface area contributed by atoms with E-state index < -0.39 is 15.9 Å². The molecule has 0 aliphatic carbocycles. The minimum Gasteiger partial charge on any atom is -0.366 e. The molecule has 0 unspecified atom stereocenters. The summed E-state index contributed by atoms with van der Waals surface area (Å²) in [6.45, 7) is -0.0869. The van der Waals surface area contributed by atoms with Gasteiger partial charge in [-0.25, -0.2) is 13.1 Å². The van der Waals surface area contributed by atoms with Gasteiger partial charge >= 0.3 is 0 Å². The van der Waals surface area contributed by atoms with Gasteiger partial charge in [-0.15, -0.1) is 10.2 Å². The SMILES string of the molecule is NC(=O)c1ccc(S(=O)(=O)NCc2nn[nH]n2)cc1. The Kier molecular flexibility index (Phi) is 3.53. The lowest BCUT2D eigenvalue weighted by molar-refractivity contribution is 0.1000. The summed E-state index contributed by atoms with van der Waals surface area (Å²) < 4.78 is 26.1. The number of aromatic nitrogens is 4. The predicted octanol–water partition coefficient (Wildman–Crippen LogP) is -1.22. The van der Waals surface area contributed by atoms with Crippen LogP contribution in [0.3, 0.4) is 0 Å². The van der Waals surface area contributed by atoms with Gasteiger partial charge < -0.3 is 5.73 Å². The highest BCUT2D eigenvalue weighted by Crippen LogP contribution is 2.10. The first-order valence-corrected chi connectivity index (χ1v) is 6.59. The largest absolute Gasteiger partial charge is 0.366 e. The molecule has 19 heavy (non-hydrogen) atoms. The Bertz CT molecular complexity index is 664. The molecule has 9 nitrogen and oxygen atoms in total. The number of carbonyl (C=O) groups is 1. The molecular formula is C9H10N6O3S. The maximum absolute atomic E-state index is 11.9. The van der Waals surface area contributed by atoms with Crippen LogP contribution in [-0.2, 0) is 16.6 Å². The number of primary amides is 1. The molecule has 0 bridgehead atoms. The number of H-pyrrole nitrogens is 1. The van der Waals surface area contributed by atoms with Crippen LogP contribution in [0.25, 0.3) is 0 Å². The van der Waals surface area contributed by atoms with E-state index >= 15 is 0 Å². The summed E-state index contributed by atoms with van der Waals surface area (Å²) in [5.74, 6) is -0.402. The summed E-state index contributed by atoms with van der Waals surface area (Å²) in [7, 11) is -3.70. The molecule has 2 rings (SSSR count). The standard InChI is InChI=1S/C9H10N6O3S/c10-9(16)6-1-3-7(4-2-6)19(17,18)11-5-8-12-14-15-13-8/h1-4,11H,5H2,(H2,10,16)(H,12,13,14,15). The highest BCUT2D eigenvalue weighted by molar-refractivity contribution is 7.89. The van der Waals surface area contributed by atoms with E-state index in [4.69, 9.17) is 5.73 Å². The van der Waals surface area contributed by atoms with Gasteiger partial charge in [0, 0.05) is 5.56 Å². The van der Waals surface area contributed by atoms with Crippen LogP contribution in [0.15, 0.2) is 29.2 Å². The fraction of sp³-hybridized carbons (Fsp3) is 0.111. The number of benzene rings is 1. The van der Waals surface area contributed by atoms with Gasteiger partial charge in [-0.3, -0.25) is 4.79 Å². The lowest BCUT2D eigenvalue weighted by Gasteiger charge is -2.05. The van der Waals surface area contributed by atoms with Crippen LogP contribution in [-0.4, -0.2) is 34.9 Å². The van der Waals surface area contributed by atoms with E-state index in [-0.39, 0.29) is 22.8 Å². The monoisotopic (exact) mass is 282 g/mol. The average Bonchev–Trinajstić information content (AvgIpc) is 2.90. The van der Waals surface area contributed by atoms with Gasteiger partial charge in [0.25, 0.3) is 0 Å². The molecule has 2 aromatic rings. The summed E-state index contributed by atoms with van der Waals surface area (Å²) in [6, 6.07) is 5.26. The molecule has 0 saturated heterocycles. The minimum atomic E-state index is -3.70. The number of nitrogens with zero attached hydrogens (tertiary/aromatic N) is 3. The molecule has 1 heterocycles. The Morgan fingerprint density at radius 2 is 2.00 bits per heavy atom. The van der Waals surface area contributed by atoms with Crippen molar-refractivity contribution in [2.45, 2.75) is 11.4 Å². The first-order chi connectivity index (χ1) is 8.99. The normalized spacial score (nSPS) is 11.4. The molecule has 0 aliphatic heterocycles. The van der Waals surface area contributed by atoms with Crippen LogP contribution in [0.1, 0.15) is 16.2 Å². The van der Waals surface area contributed by atoms with Crippen molar-refractivity contribution < 1.29 is 13.2 Å². The number of carbonyl (C=O) groups excluding carboxylic acids is 1.